The number of hydrogen-bond donors (Lipinski definition) is 0. The maximum atomic E-state index is 10.3. The molecule has 0 atom stereocenters. The number of nitrogens with zero attached hydrogens (tertiary/aromatic N) is 4. The first-order valence-electron chi connectivity index (χ1n) is 22.2. The van der Waals surface area contributed by atoms with Gasteiger partial charge >= 0.3 is 0 Å². The summed E-state index contributed by atoms with van der Waals surface area (Å²) >= 11 is 0. The average molecular weight is 839 g/mol. The number of nitriles is 1. The van der Waals surface area contributed by atoms with Crippen molar-refractivity contribution in [2.75, 3.05) is 0 Å². The highest BCUT2D eigenvalue weighted by molar-refractivity contribution is 6.15. The second-order valence-electron chi connectivity index (χ2n) is 16.6. The van der Waals surface area contributed by atoms with Crippen LogP contribution in [0.4, 0.5) is 0 Å². The summed E-state index contributed by atoms with van der Waals surface area (Å²) in [7, 11) is 0. The van der Waals surface area contributed by atoms with Gasteiger partial charge in [0.15, 0.2) is 17.5 Å². The monoisotopic (exact) mass is 838 g/mol. The van der Waals surface area contributed by atoms with Crippen molar-refractivity contribution in [3.05, 3.63) is 236 Å². The number of benzene rings is 11. The van der Waals surface area contributed by atoms with Crippen LogP contribution in [0.3, 0.4) is 0 Å². The van der Waals surface area contributed by atoms with Crippen LogP contribution in [0, 0.1) is 11.3 Å². The third-order valence-electron chi connectivity index (χ3n) is 12.8. The summed E-state index contributed by atoms with van der Waals surface area (Å²) in [5, 5.41) is 19.9. The van der Waals surface area contributed by atoms with Gasteiger partial charge in [-0.05, 0) is 118 Å². The summed E-state index contributed by atoms with van der Waals surface area (Å²) in [4.78, 5) is 15.9. The molecule has 0 bridgehead atoms. The Labute approximate surface area is 382 Å². The van der Waals surface area contributed by atoms with Crippen LogP contribution in [0.15, 0.2) is 231 Å². The molecule has 0 amide bonds. The van der Waals surface area contributed by atoms with Gasteiger partial charge in [-0.25, -0.2) is 15.0 Å². The summed E-state index contributed by atoms with van der Waals surface area (Å²) < 4.78 is 0. The lowest BCUT2D eigenvalue weighted by atomic mass is 9.88. The Hall–Kier alpha value is -9.04. The van der Waals surface area contributed by atoms with E-state index in [1.807, 2.05) is 48.5 Å². The third-order valence-corrected chi connectivity index (χ3v) is 12.8. The number of aromatic nitrogens is 3. The van der Waals surface area contributed by atoms with Crippen LogP contribution >= 0.6 is 0 Å². The first-order chi connectivity index (χ1) is 32.7. The van der Waals surface area contributed by atoms with Crippen molar-refractivity contribution < 1.29 is 0 Å². The predicted octanol–water partition coefficient (Wildman–Crippen LogP) is 16.0. The average Bonchev–Trinajstić information content (AvgIpc) is 3.40. The van der Waals surface area contributed by atoms with Gasteiger partial charge in [-0.1, -0.05) is 200 Å². The topological polar surface area (TPSA) is 62.5 Å². The van der Waals surface area contributed by atoms with Gasteiger partial charge < -0.3 is 0 Å². The van der Waals surface area contributed by atoms with Gasteiger partial charge in [-0.2, -0.15) is 5.26 Å². The highest BCUT2D eigenvalue weighted by Gasteiger charge is 2.21. The molecular weight excluding hydrogens is 801 g/mol. The normalized spacial score (nSPS) is 11.3. The quantitative estimate of drug-likeness (QED) is 0.150. The molecule has 0 aliphatic rings. The fraction of sp³-hybridized carbons (Fsp3) is 0. The van der Waals surface area contributed by atoms with E-state index in [1.165, 1.54) is 37.7 Å². The van der Waals surface area contributed by atoms with Crippen LogP contribution in [-0.4, -0.2) is 15.0 Å². The molecule has 306 valence electrons. The van der Waals surface area contributed by atoms with Gasteiger partial charge in [-0.15, -0.1) is 0 Å². The Kier molecular flexibility index (Phi) is 9.51. The van der Waals surface area contributed by atoms with Crippen molar-refractivity contribution in [2.24, 2.45) is 0 Å². The lowest BCUT2D eigenvalue weighted by Crippen LogP contribution is -2.02. The van der Waals surface area contributed by atoms with E-state index in [1.54, 1.807) is 0 Å². The molecule has 0 spiro atoms. The van der Waals surface area contributed by atoms with E-state index in [2.05, 4.69) is 188 Å². The number of hydrogen-bond acceptors (Lipinski definition) is 4. The van der Waals surface area contributed by atoms with Gasteiger partial charge in [-0.3, -0.25) is 0 Å². The maximum Gasteiger partial charge on any atom is 0.164 e. The van der Waals surface area contributed by atoms with Crippen molar-refractivity contribution in [1.29, 1.82) is 5.26 Å². The number of rotatable bonds is 7. The van der Waals surface area contributed by atoms with E-state index in [4.69, 9.17) is 15.0 Å². The first-order valence-corrected chi connectivity index (χ1v) is 22.2. The maximum absolute atomic E-state index is 10.3. The zero-order valence-electron chi connectivity index (χ0n) is 35.7. The second kappa shape index (κ2) is 16.3. The van der Waals surface area contributed by atoms with E-state index in [9.17, 15) is 5.26 Å². The fourth-order valence-corrected chi connectivity index (χ4v) is 9.67. The van der Waals surface area contributed by atoms with E-state index in [0.717, 1.165) is 66.6 Å². The zero-order valence-corrected chi connectivity index (χ0v) is 35.7. The Bertz CT molecular complexity index is 3900. The van der Waals surface area contributed by atoms with Gasteiger partial charge in [0.25, 0.3) is 0 Å². The van der Waals surface area contributed by atoms with Crippen LogP contribution in [0.1, 0.15) is 5.56 Å². The summed E-state index contributed by atoms with van der Waals surface area (Å²) in [5.74, 6) is 1.72. The highest BCUT2D eigenvalue weighted by atomic mass is 15.0. The molecule has 0 N–H and O–H groups in total. The second-order valence-corrected chi connectivity index (χ2v) is 16.6. The van der Waals surface area contributed by atoms with Crippen molar-refractivity contribution in [1.82, 2.24) is 15.0 Å². The smallest absolute Gasteiger partial charge is 0.164 e. The molecule has 0 saturated heterocycles. The Morgan fingerprint density at radius 2 is 0.682 bits per heavy atom. The Morgan fingerprint density at radius 1 is 0.258 bits per heavy atom. The minimum absolute atomic E-state index is 0.555. The summed E-state index contributed by atoms with van der Waals surface area (Å²) in [6.07, 6.45) is 0. The molecule has 0 saturated carbocycles. The highest BCUT2D eigenvalue weighted by Crippen LogP contribution is 2.43. The SMILES string of the molecule is N#Cc1ccc(-c2ccccc2-c2nc(-c3ccccc3)nc(-c3ccccc3-c3cc4ccccc4c4ccccc34)n2)c(-c2cccc(-c3cc4ccccc4c4ccccc34)c2)c1. The van der Waals surface area contributed by atoms with E-state index >= 15 is 0 Å². The molecule has 66 heavy (non-hydrogen) atoms. The largest absolute Gasteiger partial charge is 0.208 e. The predicted molar refractivity (Wildman–Crippen MR) is 273 cm³/mol. The van der Waals surface area contributed by atoms with Crippen LogP contribution in [-0.2, 0) is 0 Å². The molecule has 12 aromatic rings. The summed E-state index contributed by atoms with van der Waals surface area (Å²) in [6.45, 7) is 0. The van der Waals surface area contributed by atoms with Gasteiger partial charge in [0, 0.05) is 16.7 Å². The molecule has 0 radical (unpaired) electrons. The van der Waals surface area contributed by atoms with Gasteiger partial charge in [0.1, 0.15) is 0 Å². The third kappa shape index (κ3) is 6.75. The van der Waals surface area contributed by atoms with Crippen LogP contribution in [0.2, 0.25) is 0 Å². The molecule has 1 heterocycles. The molecule has 0 aliphatic carbocycles. The van der Waals surface area contributed by atoms with Crippen LogP contribution in [0.25, 0.3) is 122 Å². The molecule has 12 rings (SSSR count). The fourth-order valence-electron chi connectivity index (χ4n) is 9.67. The molecule has 1 aromatic heterocycles. The molecule has 4 nitrogen and oxygen atoms in total. The molecule has 11 aromatic carbocycles. The lowest BCUT2D eigenvalue weighted by molar-refractivity contribution is 1.07. The molecule has 0 aliphatic heterocycles. The zero-order chi connectivity index (χ0) is 44.0. The standard InChI is InChI=1S/C62H38N4/c63-39-40-33-34-54(57(35-40)42-21-16-22-43(36-42)58-37-44-19-4-6-23-46(44)48-25-8-10-28-51(48)58)50-27-12-14-31-55(50)61-64-60(41-17-2-1-3-18-41)65-62(66-61)56-32-15-13-30-53(56)59-38-45-20-5-7-24-47(45)49-26-9-11-29-52(49)59/h1-38H. The number of fused-ring (bicyclic) bond motifs is 6. The van der Waals surface area contributed by atoms with Crippen molar-refractivity contribution >= 4 is 43.1 Å². The van der Waals surface area contributed by atoms with Gasteiger partial charge in [0.2, 0.25) is 0 Å². The van der Waals surface area contributed by atoms with Crippen LogP contribution < -0.4 is 0 Å². The van der Waals surface area contributed by atoms with Crippen molar-refractivity contribution in [3.8, 4) is 84.7 Å². The lowest BCUT2D eigenvalue weighted by Gasteiger charge is -2.17. The molecule has 4 heteroatoms. The minimum atomic E-state index is 0.555. The van der Waals surface area contributed by atoms with Crippen molar-refractivity contribution in [2.45, 2.75) is 0 Å². The van der Waals surface area contributed by atoms with Crippen LogP contribution in [0.5, 0.6) is 0 Å². The van der Waals surface area contributed by atoms with Gasteiger partial charge in [0.05, 0.1) is 11.6 Å². The Balaban J connectivity index is 1.05. The molecular formula is C62H38N4. The van der Waals surface area contributed by atoms with E-state index in [-0.39, 0.29) is 0 Å². The van der Waals surface area contributed by atoms with E-state index in [0.29, 0.717) is 23.0 Å². The summed E-state index contributed by atoms with van der Waals surface area (Å²) in [6, 6.07) is 82.9. The first kappa shape index (κ1) is 38.6. The Morgan fingerprint density at radius 3 is 1.29 bits per heavy atom. The molecule has 0 fully saturated rings. The van der Waals surface area contributed by atoms with E-state index < -0.39 is 0 Å². The molecule has 0 unspecified atom stereocenters. The van der Waals surface area contributed by atoms with Crippen molar-refractivity contribution in [3.63, 3.8) is 0 Å². The minimum Gasteiger partial charge on any atom is -0.208 e. The summed E-state index contributed by atoms with van der Waals surface area (Å²) in [5.41, 5.74) is 11.5.